The van der Waals surface area contributed by atoms with Crippen LogP contribution >= 0.6 is 18.3 Å². The van der Waals surface area contributed by atoms with Crippen molar-refractivity contribution in [3.8, 4) is 0 Å². The Hall–Kier alpha value is -0.850. The van der Waals surface area contributed by atoms with Crippen molar-refractivity contribution in [3.63, 3.8) is 0 Å². The van der Waals surface area contributed by atoms with E-state index in [-0.39, 0.29) is 6.89 Å². The minimum absolute atomic E-state index is 0.118. The smallest absolute Gasteiger partial charge is 0.0558 e. The largest absolute Gasteiger partial charge is 0.336 e. The Balaban J connectivity index is 0.000000457. The predicted molar refractivity (Wildman–Crippen MR) is 78.8 cm³/mol. The van der Waals surface area contributed by atoms with Crippen LogP contribution in [-0.4, -0.2) is 11.0 Å². The van der Waals surface area contributed by atoms with Crippen molar-refractivity contribution in [2.75, 3.05) is 6.26 Å². The van der Waals surface area contributed by atoms with E-state index in [0.29, 0.717) is 0 Å². The Kier molecular flexibility index (Phi) is 3.63. The maximum Gasteiger partial charge on any atom is 0.0558 e. The average molecular weight is 249 g/mol. The molecule has 3 aromatic rings. The van der Waals surface area contributed by atoms with Crippen LogP contribution in [0, 0.1) is 0 Å². The second kappa shape index (κ2) is 4.99. The third kappa shape index (κ3) is 1.88. The molecule has 0 saturated heterocycles. The van der Waals surface area contributed by atoms with Crippen molar-refractivity contribution in [2.45, 2.75) is 13.8 Å². The summed E-state index contributed by atoms with van der Waals surface area (Å²) in [5.41, 5.74) is 1.32. The molecule has 0 aliphatic carbocycles. The van der Waals surface area contributed by atoms with E-state index in [1.54, 1.807) is 0 Å². The second-order valence-electron chi connectivity index (χ2n) is 3.31. The maximum absolute atomic E-state index is 3.49. The third-order valence-electron chi connectivity index (χ3n) is 2.49. The Morgan fingerprint density at radius 3 is 2.31 bits per heavy atom. The minimum Gasteiger partial charge on any atom is -0.336 e. The lowest BCUT2D eigenvalue weighted by atomic mass is 10.1. The molecule has 3 rings (SSSR count). The van der Waals surface area contributed by atoms with Gasteiger partial charge in [-0.1, -0.05) is 49.5 Å². The van der Waals surface area contributed by atoms with Crippen molar-refractivity contribution < 1.29 is 0 Å². The van der Waals surface area contributed by atoms with Gasteiger partial charge in [-0.05, 0) is 29.2 Å². The van der Waals surface area contributed by atoms with Gasteiger partial charge in [0, 0.05) is 12.0 Å². The average Bonchev–Trinajstić information content (AvgIpc) is 2.34. The number of benzene rings is 2. The predicted octanol–water partition coefficient (Wildman–Crippen LogP) is 5.46. The van der Waals surface area contributed by atoms with Crippen molar-refractivity contribution in [2.24, 2.45) is 0 Å². The summed E-state index contributed by atoms with van der Waals surface area (Å²) in [7, 11) is 0. The number of rotatable bonds is 1. The molecule has 0 aliphatic rings. The molecule has 0 saturated carbocycles. The van der Waals surface area contributed by atoms with E-state index in [0.717, 1.165) is 0 Å². The van der Waals surface area contributed by atoms with Crippen LogP contribution in [0.2, 0.25) is 0 Å². The van der Waals surface area contributed by atoms with Crippen molar-refractivity contribution in [3.05, 3.63) is 36.4 Å². The van der Waals surface area contributed by atoms with Gasteiger partial charge < -0.3 is 4.75 Å². The van der Waals surface area contributed by atoms with Gasteiger partial charge in [0.2, 0.25) is 0 Å². The molecule has 1 aromatic heterocycles. The summed E-state index contributed by atoms with van der Waals surface area (Å²) in [5.74, 6) is 0. The number of hydrogen-bond acceptors (Lipinski definition) is 1. The molecule has 0 radical (unpaired) electrons. The molecule has 0 fully saturated rings. The van der Waals surface area contributed by atoms with Crippen LogP contribution in [0.1, 0.15) is 13.8 Å². The normalized spacial score (nSPS) is 11.6. The van der Waals surface area contributed by atoms with Gasteiger partial charge in [-0.3, -0.25) is 0 Å². The summed E-state index contributed by atoms with van der Waals surface area (Å²) in [6, 6.07) is 13.1. The zero-order valence-corrected chi connectivity index (χ0v) is 11.5. The molecule has 1 atom stereocenters. The monoisotopic (exact) mass is 249 g/mol. The zero-order valence-electron chi connectivity index (χ0n) is 9.82. The van der Waals surface area contributed by atoms with Crippen LogP contribution in [0.3, 0.4) is 0 Å². The first-order chi connectivity index (χ1) is 7.88. The molecule has 16 heavy (non-hydrogen) atoms. The number of nitrogens with one attached hydrogen (secondary N) is 1. The van der Waals surface area contributed by atoms with E-state index < -0.39 is 0 Å². The van der Waals surface area contributed by atoms with Gasteiger partial charge in [-0.15, -0.1) is 0 Å². The van der Waals surface area contributed by atoms with E-state index >= 15 is 0 Å². The minimum atomic E-state index is -0.118. The van der Waals surface area contributed by atoms with Gasteiger partial charge in [-0.25, -0.2) is 0 Å². The highest BCUT2D eigenvalue weighted by Crippen LogP contribution is 2.48. The van der Waals surface area contributed by atoms with E-state index in [1.165, 1.54) is 21.4 Å². The van der Waals surface area contributed by atoms with Crippen LogP contribution in [0.5, 0.6) is 0 Å². The number of aromatic amines is 1. The molecule has 0 bridgehead atoms. The van der Waals surface area contributed by atoms with Crippen molar-refractivity contribution >= 4 is 39.7 Å². The summed E-state index contributed by atoms with van der Waals surface area (Å²) < 4.78 is 3.49. The maximum atomic E-state index is 3.49. The van der Waals surface area contributed by atoms with Crippen molar-refractivity contribution in [1.82, 2.24) is 4.75 Å². The first-order valence-corrected chi connectivity index (χ1v) is 8.69. The Labute approximate surface area is 101 Å². The van der Waals surface area contributed by atoms with E-state index in [9.17, 15) is 0 Å². The lowest BCUT2D eigenvalue weighted by Crippen LogP contribution is -1.81. The Bertz CT molecular complexity index is 594. The molecule has 1 heterocycles. The van der Waals surface area contributed by atoms with Gasteiger partial charge >= 0.3 is 0 Å². The zero-order chi connectivity index (χ0) is 11.5. The van der Waals surface area contributed by atoms with Crippen LogP contribution in [-0.2, 0) is 0 Å². The Morgan fingerprint density at radius 1 is 1.06 bits per heavy atom. The molecule has 3 heteroatoms. The lowest BCUT2D eigenvalue weighted by molar-refractivity contribution is 1.50. The summed E-state index contributed by atoms with van der Waals surface area (Å²) in [6.07, 6.45) is 2.16. The first kappa shape index (κ1) is 11.6. The number of H-pyrrole nitrogens is 1. The van der Waals surface area contributed by atoms with Crippen LogP contribution < -0.4 is 0 Å². The van der Waals surface area contributed by atoms with E-state index in [4.69, 9.17) is 0 Å². The number of hydrogen-bond donors (Lipinski definition) is 1. The van der Waals surface area contributed by atoms with Crippen LogP contribution in [0.4, 0.5) is 0 Å². The molecule has 1 nitrogen and oxygen atoms in total. The molecule has 1 unspecified atom stereocenters. The second-order valence-corrected chi connectivity index (χ2v) is 7.16. The highest BCUT2D eigenvalue weighted by Gasteiger charge is 2.06. The quantitative estimate of drug-likeness (QED) is 0.605. The molecule has 1 N–H and O–H groups in total. The van der Waals surface area contributed by atoms with E-state index in [2.05, 4.69) is 47.4 Å². The molecular weight excluding hydrogens is 233 g/mol. The molecule has 0 amide bonds. The Morgan fingerprint density at radius 2 is 1.69 bits per heavy atom. The van der Waals surface area contributed by atoms with E-state index in [1.807, 2.05) is 25.2 Å². The van der Waals surface area contributed by atoms with Gasteiger partial charge in [0.15, 0.2) is 0 Å². The highest BCUT2D eigenvalue weighted by atomic mass is 32.7. The fraction of sp³-hybridized carbons (Fsp3) is 0.231. The molecular formula is C13H16NPS. The summed E-state index contributed by atoms with van der Waals surface area (Å²) in [5, 5.41) is 4.19. The summed E-state index contributed by atoms with van der Waals surface area (Å²) in [4.78, 5) is 0. The van der Waals surface area contributed by atoms with Gasteiger partial charge in [0.05, 0.1) is 5.52 Å². The third-order valence-corrected chi connectivity index (χ3v) is 6.06. The summed E-state index contributed by atoms with van der Waals surface area (Å²) in [6.45, 7) is 3.88. The molecule has 84 valence electrons. The topological polar surface area (TPSA) is 15.8 Å². The lowest BCUT2D eigenvalue weighted by Gasteiger charge is -2.11. The van der Waals surface area contributed by atoms with Crippen LogP contribution in [0.25, 0.3) is 21.4 Å². The summed E-state index contributed by atoms with van der Waals surface area (Å²) >= 11 is 1.92. The van der Waals surface area contributed by atoms with Gasteiger partial charge in [0.1, 0.15) is 0 Å². The molecule has 2 aromatic carbocycles. The fourth-order valence-corrected chi connectivity index (χ4v) is 4.60. The van der Waals surface area contributed by atoms with Gasteiger partial charge in [-0.2, -0.15) is 0 Å². The molecule has 0 spiro atoms. The van der Waals surface area contributed by atoms with Crippen LogP contribution in [0.15, 0.2) is 36.4 Å². The standard InChI is InChI=1S/C11H10NPS.C2H6/c1-14-13-11-7-9-5-3-2-4-8(9)6-10(11)12-13;1-2/h2-7,12H,1H3;1-2H3. The number of aromatic nitrogens is 1. The van der Waals surface area contributed by atoms with Crippen molar-refractivity contribution in [1.29, 1.82) is 0 Å². The molecule has 0 aliphatic heterocycles. The fourth-order valence-electron chi connectivity index (χ4n) is 1.75. The highest BCUT2D eigenvalue weighted by molar-refractivity contribution is 8.53. The van der Waals surface area contributed by atoms with Gasteiger partial charge in [0.25, 0.3) is 0 Å². The number of fused-ring (bicyclic) bond motifs is 2. The first-order valence-electron chi connectivity index (χ1n) is 5.52. The SMILES string of the molecule is CC.CSp1[nH]c2cc3ccccc3cc21.